The van der Waals surface area contributed by atoms with E-state index in [4.69, 9.17) is 4.74 Å². The minimum absolute atomic E-state index is 0.162. The number of benzene rings is 2. The van der Waals surface area contributed by atoms with Crippen LogP contribution in [0.5, 0.6) is 0 Å². The molecule has 3 rings (SSSR count). The fourth-order valence-corrected chi connectivity index (χ4v) is 2.62. The first-order chi connectivity index (χ1) is 11.5. The van der Waals surface area contributed by atoms with Gasteiger partial charge in [0.25, 0.3) is 5.56 Å². The number of nitrogens with zero attached hydrogens (tertiary/aromatic N) is 1. The number of esters is 1. The molecule has 0 amide bonds. The van der Waals surface area contributed by atoms with E-state index in [1.54, 1.807) is 25.1 Å². The van der Waals surface area contributed by atoms with Crippen molar-refractivity contribution in [3.05, 3.63) is 74.7 Å². The molecule has 0 spiro atoms. The number of carbonyl (C=O) groups excluding carboxylic acids is 1. The van der Waals surface area contributed by atoms with Gasteiger partial charge in [-0.15, -0.1) is 0 Å². The van der Waals surface area contributed by atoms with Crippen LogP contribution in [0.2, 0.25) is 0 Å². The smallest absolute Gasteiger partial charge is 0.310 e. The van der Waals surface area contributed by atoms with Crippen LogP contribution in [0, 0.1) is 0 Å². The van der Waals surface area contributed by atoms with E-state index in [0.29, 0.717) is 16.7 Å². The van der Waals surface area contributed by atoms with Gasteiger partial charge >= 0.3 is 5.97 Å². The molecule has 1 N–H and O–H groups in total. The fraction of sp³-hybridized carbons (Fsp3) is 0.167. The highest BCUT2D eigenvalue weighted by atomic mass is 79.9. The molecule has 1 aromatic heterocycles. The van der Waals surface area contributed by atoms with Gasteiger partial charge in [-0.25, -0.2) is 4.98 Å². The summed E-state index contributed by atoms with van der Waals surface area (Å²) in [4.78, 5) is 31.2. The third-order valence-electron chi connectivity index (χ3n) is 3.59. The lowest BCUT2D eigenvalue weighted by molar-refractivity contribution is -0.148. The third kappa shape index (κ3) is 3.71. The Balaban J connectivity index is 1.74. The Labute approximate surface area is 146 Å². The van der Waals surface area contributed by atoms with Crippen molar-refractivity contribution in [2.45, 2.75) is 19.4 Å². The van der Waals surface area contributed by atoms with Crippen molar-refractivity contribution in [1.29, 1.82) is 0 Å². The van der Waals surface area contributed by atoms with Crippen LogP contribution >= 0.6 is 15.9 Å². The number of hydrogen-bond acceptors (Lipinski definition) is 4. The normalized spacial score (nSPS) is 12.1. The number of ether oxygens (including phenoxy) is 1. The second kappa shape index (κ2) is 6.97. The van der Waals surface area contributed by atoms with E-state index in [0.717, 1.165) is 10.0 Å². The van der Waals surface area contributed by atoms with Crippen molar-refractivity contribution < 1.29 is 9.53 Å². The molecule has 0 aliphatic carbocycles. The number of nitrogens with one attached hydrogen (secondary N) is 1. The summed E-state index contributed by atoms with van der Waals surface area (Å²) in [7, 11) is 0. The van der Waals surface area contributed by atoms with E-state index in [1.807, 2.05) is 30.3 Å². The van der Waals surface area contributed by atoms with Crippen molar-refractivity contribution in [1.82, 2.24) is 9.97 Å². The zero-order valence-corrected chi connectivity index (χ0v) is 14.5. The predicted molar refractivity (Wildman–Crippen MR) is 94.7 cm³/mol. The van der Waals surface area contributed by atoms with E-state index < -0.39 is 6.10 Å². The maximum absolute atomic E-state index is 12.1. The molecule has 0 aliphatic heterocycles. The van der Waals surface area contributed by atoms with Gasteiger partial charge in [0.15, 0.2) is 11.9 Å². The van der Waals surface area contributed by atoms with E-state index in [-0.39, 0.29) is 17.9 Å². The summed E-state index contributed by atoms with van der Waals surface area (Å²) < 4.78 is 6.34. The number of hydrogen-bond donors (Lipinski definition) is 1. The van der Waals surface area contributed by atoms with Crippen LogP contribution in [0.4, 0.5) is 0 Å². The van der Waals surface area contributed by atoms with Gasteiger partial charge in [-0.2, -0.15) is 0 Å². The Morgan fingerprint density at radius 2 is 1.92 bits per heavy atom. The first-order valence-electron chi connectivity index (χ1n) is 7.46. The molecule has 0 aliphatic rings. The Kier molecular flexibility index (Phi) is 4.76. The number of fused-ring (bicyclic) bond motifs is 1. The lowest BCUT2D eigenvalue weighted by Crippen LogP contribution is -2.18. The summed E-state index contributed by atoms with van der Waals surface area (Å²) >= 11 is 3.35. The largest absolute Gasteiger partial charge is 0.454 e. The first-order valence-corrected chi connectivity index (χ1v) is 8.25. The number of H-pyrrole nitrogens is 1. The van der Waals surface area contributed by atoms with Gasteiger partial charge < -0.3 is 9.72 Å². The summed E-state index contributed by atoms with van der Waals surface area (Å²) in [5.74, 6) is -0.0384. The summed E-state index contributed by atoms with van der Waals surface area (Å²) in [6.45, 7) is 1.69. The van der Waals surface area contributed by atoms with Gasteiger partial charge in [-0.05, 0) is 36.8 Å². The molecule has 1 atom stereocenters. The topological polar surface area (TPSA) is 72.0 Å². The van der Waals surface area contributed by atoms with Crippen molar-refractivity contribution >= 4 is 32.8 Å². The first kappa shape index (κ1) is 16.4. The van der Waals surface area contributed by atoms with Crippen molar-refractivity contribution in [3.8, 4) is 0 Å². The third-order valence-corrected chi connectivity index (χ3v) is 4.11. The second-order valence-electron chi connectivity index (χ2n) is 5.40. The van der Waals surface area contributed by atoms with Gasteiger partial charge in [0.1, 0.15) is 0 Å². The van der Waals surface area contributed by atoms with Crippen molar-refractivity contribution in [2.24, 2.45) is 0 Å². The van der Waals surface area contributed by atoms with Crippen LogP contribution in [0.15, 0.2) is 57.8 Å². The Morgan fingerprint density at radius 3 is 2.67 bits per heavy atom. The summed E-state index contributed by atoms with van der Waals surface area (Å²) in [6, 6.07) is 14.5. The van der Waals surface area contributed by atoms with Gasteiger partial charge in [-0.1, -0.05) is 40.2 Å². The van der Waals surface area contributed by atoms with Gasteiger partial charge in [-0.3, -0.25) is 9.59 Å². The molecule has 1 heterocycles. The monoisotopic (exact) mass is 386 g/mol. The summed E-state index contributed by atoms with van der Waals surface area (Å²) in [6.07, 6.45) is -0.472. The highest BCUT2D eigenvalue weighted by Crippen LogP contribution is 2.16. The molecule has 3 aromatic rings. The Bertz CT molecular complexity index is 935. The number of para-hydroxylation sites is 1. The number of rotatable bonds is 4. The Morgan fingerprint density at radius 1 is 1.21 bits per heavy atom. The van der Waals surface area contributed by atoms with Crippen molar-refractivity contribution in [2.75, 3.05) is 0 Å². The predicted octanol–water partition coefficient (Wildman–Crippen LogP) is 3.53. The van der Waals surface area contributed by atoms with Crippen LogP contribution in [0.3, 0.4) is 0 Å². The van der Waals surface area contributed by atoms with Crippen LogP contribution in [0.25, 0.3) is 10.9 Å². The molecule has 24 heavy (non-hydrogen) atoms. The number of aromatic nitrogens is 2. The summed E-state index contributed by atoms with van der Waals surface area (Å²) in [5.41, 5.74) is 1.19. The SMILES string of the molecule is C[C@H](OC(=O)Cc1ccc(Br)cc1)c1nc2ccccc2c(=O)[nH]1. The van der Waals surface area contributed by atoms with Gasteiger partial charge in [0, 0.05) is 4.47 Å². The molecule has 0 unspecified atom stereocenters. The fourth-order valence-electron chi connectivity index (χ4n) is 2.36. The second-order valence-corrected chi connectivity index (χ2v) is 6.32. The molecule has 0 bridgehead atoms. The average molecular weight is 387 g/mol. The summed E-state index contributed by atoms with van der Waals surface area (Å²) in [5, 5.41) is 0.509. The van der Waals surface area contributed by atoms with E-state index >= 15 is 0 Å². The van der Waals surface area contributed by atoms with E-state index in [9.17, 15) is 9.59 Å². The number of carbonyl (C=O) groups is 1. The average Bonchev–Trinajstić information content (AvgIpc) is 2.57. The zero-order valence-electron chi connectivity index (χ0n) is 13.0. The Hall–Kier alpha value is -2.47. The molecular weight excluding hydrogens is 372 g/mol. The standard InChI is InChI=1S/C18H15BrN2O3/c1-11(24-16(22)10-12-6-8-13(19)9-7-12)17-20-15-5-3-2-4-14(15)18(23)21-17/h2-9,11H,10H2,1H3,(H,20,21,23)/t11-/m0/s1. The highest BCUT2D eigenvalue weighted by molar-refractivity contribution is 9.10. The quantitative estimate of drug-likeness (QED) is 0.696. The van der Waals surface area contributed by atoms with E-state index in [1.165, 1.54) is 0 Å². The molecule has 2 aromatic carbocycles. The zero-order chi connectivity index (χ0) is 17.1. The molecule has 6 heteroatoms. The number of aromatic amines is 1. The van der Waals surface area contributed by atoms with E-state index in [2.05, 4.69) is 25.9 Å². The minimum atomic E-state index is -0.634. The molecule has 0 saturated carbocycles. The maximum Gasteiger partial charge on any atom is 0.310 e. The van der Waals surface area contributed by atoms with Crippen LogP contribution in [-0.4, -0.2) is 15.9 Å². The molecule has 5 nitrogen and oxygen atoms in total. The molecule has 0 fully saturated rings. The minimum Gasteiger partial charge on any atom is -0.454 e. The maximum atomic E-state index is 12.1. The van der Waals surface area contributed by atoms with Crippen molar-refractivity contribution in [3.63, 3.8) is 0 Å². The van der Waals surface area contributed by atoms with Gasteiger partial charge in [0.05, 0.1) is 17.3 Å². The molecule has 0 saturated heterocycles. The molecule has 0 radical (unpaired) electrons. The number of halogens is 1. The van der Waals surface area contributed by atoms with Crippen LogP contribution in [0.1, 0.15) is 24.4 Å². The van der Waals surface area contributed by atoms with Gasteiger partial charge in [0.2, 0.25) is 0 Å². The van der Waals surface area contributed by atoms with Crippen LogP contribution in [-0.2, 0) is 16.0 Å². The highest BCUT2D eigenvalue weighted by Gasteiger charge is 2.15. The van der Waals surface area contributed by atoms with Crippen LogP contribution < -0.4 is 5.56 Å². The lowest BCUT2D eigenvalue weighted by Gasteiger charge is -2.13. The molecule has 122 valence electrons. The molecular formula is C18H15BrN2O3. The lowest BCUT2D eigenvalue weighted by atomic mass is 10.1.